The lowest BCUT2D eigenvalue weighted by molar-refractivity contribution is 0.414. The molecule has 0 atom stereocenters. The summed E-state index contributed by atoms with van der Waals surface area (Å²) >= 11 is 0. The summed E-state index contributed by atoms with van der Waals surface area (Å²) in [5, 5.41) is 3.31. The summed E-state index contributed by atoms with van der Waals surface area (Å²) in [6.45, 7) is 0.752. The van der Waals surface area contributed by atoms with Crippen LogP contribution in [0.15, 0.2) is 36.8 Å². The van der Waals surface area contributed by atoms with E-state index in [4.69, 9.17) is 4.74 Å². The van der Waals surface area contributed by atoms with E-state index in [1.165, 1.54) is 24.0 Å². The van der Waals surface area contributed by atoms with Gasteiger partial charge in [-0.25, -0.2) is 4.98 Å². The molecule has 1 heterocycles. The molecule has 4 heteroatoms. The first-order chi connectivity index (χ1) is 9.36. The maximum atomic E-state index is 5.31. The lowest BCUT2D eigenvalue weighted by atomic mass is 10.0. The molecule has 4 nitrogen and oxygen atoms in total. The van der Waals surface area contributed by atoms with Gasteiger partial charge in [0.15, 0.2) is 0 Å². The lowest BCUT2D eigenvalue weighted by Crippen LogP contribution is -2.04. The summed E-state index contributed by atoms with van der Waals surface area (Å²) in [4.78, 5) is 8.27. The third kappa shape index (κ3) is 2.84. The monoisotopic (exact) mass is 255 g/mol. The number of ether oxygens (including phenoxy) is 1. The van der Waals surface area contributed by atoms with Crippen LogP contribution in [0.2, 0.25) is 0 Å². The topological polar surface area (TPSA) is 47.0 Å². The smallest absolute Gasteiger partial charge is 0.144 e. The molecule has 1 aliphatic carbocycles. The highest BCUT2D eigenvalue weighted by Crippen LogP contribution is 2.42. The van der Waals surface area contributed by atoms with Crippen LogP contribution in [0.25, 0.3) is 0 Å². The zero-order valence-corrected chi connectivity index (χ0v) is 11.0. The van der Waals surface area contributed by atoms with E-state index in [-0.39, 0.29) is 0 Å². The van der Waals surface area contributed by atoms with Crippen LogP contribution in [-0.2, 0) is 6.54 Å². The number of hydrogen-bond acceptors (Lipinski definition) is 4. The molecule has 0 bridgehead atoms. The Morgan fingerprint density at radius 3 is 2.89 bits per heavy atom. The Morgan fingerprint density at radius 1 is 1.32 bits per heavy atom. The average Bonchev–Trinajstić information content (AvgIpc) is 3.30. The summed E-state index contributed by atoms with van der Waals surface area (Å²) in [7, 11) is 1.70. The molecule has 1 saturated carbocycles. The molecule has 1 aliphatic rings. The number of nitrogens with zero attached hydrogens (tertiary/aromatic N) is 2. The quantitative estimate of drug-likeness (QED) is 0.892. The molecule has 1 aromatic carbocycles. The predicted molar refractivity (Wildman–Crippen MR) is 74.3 cm³/mol. The van der Waals surface area contributed by atoms with Crippen molar-refractivity contribution in [3.8, 4) is 5.75 Å². The maximum absolute atomic E-state index is 5.31. The Bertz CT molecular complexity index is 553. The van der Waals surface area contributed by atoms with Gasteiger partial charge in [-0.05, 0) is 42.0 Å². The predicted octanol–water partition coefficient (Wildman–Crippen LogP) is 2.97. The van der Waals surface area contributed by atoms with Crippen molar-refractivity contribution in [2.75, 3.05) is 12.4 Å². The zero-order chi connectivity index (χ0) is 13.1. The fraction of sp³-hybridized carbons (Fsp3) is 0.333. The Balaban J connectivity index is 1.78. The number of hydrogen-bond donors (Lipinski definition) is 1. The molecule has 0 amide bonds. The second kappa shape index (κ2) is 5.26. The number of methoxy groups -OCH3 is 1. The highest BCUT2D eigenvalue weighted by atomic mass is 16.5. The molecule has 98 valence electrons. The summed E-state index contributed by atoms with van der Waals surface area (Å²) in [6, 6.07) is 6.33. The van der Waals surface area contributed by atoms with Gasteiger partial charge in [-0.2, -0.15) is 0 Å². The van der Waals surface area contributed by atoms with E-state index in [9.17, 15) is 0 Å². The summed E-state index contributed by atoms with van der Waals surface area (Å²) in [5.74, 6) is 2.43. The molecule has 0 spiro atoms. The van der Waals surface area contributed by atoms with Crippen LogP contribution >= 0.6 is 0 Å². The van der Waals surface area contributed by atoms with Crippen molar-refractivity contribution in [3.05, 3.63) is 47.9 Å². The number of benzene rings is 1. The third-order valence-corrected chi connectivity index (χ3v) is 3.39. The van der Waals surface area contributed by atoms with Gasteiger partial charge in [-0.3, -0.25) is 4.98 Å². The largest absolute Gasteiger partial charge is 0.497 e. The van der Waals surface area contributed by atoms with Crippen LogP contribution in [0.5, 0.6) is 5.75 Å². The van der Waals surface area contributed by atoms with Crippen LogP contribution < -0.4 is 10.1 Å². The van der Waals surface area contributed by atoms with Crippen LogP contribution in [0.1, 0.15) is 29.9 Å². The van der Waals surface area contributed by atoms with E-state index in [2.05, 4.69) is 27.4 Å². The van der Waals surface area contributed by atoms with Gasteiger partial charge < -0.3 is 10.1 Å². The molecule has 19 heavy (non-hydrogen) atoms. The highest BCUT2D eigenvalue weighted by molar-refractivity contribution is 5.42. The number of aromatic nitrogens is 2. The minimum absolute atomic E-state index is 0.726. The third-order valence-electron chi connectivity index (χ3n) is 3.39. The minimum atomic E-state index is 0.726. The van der Waals surface area contributed by atoms with Crippen LogP contribution in [-0.4, -0.2) is 17.1 Å². The van der Waals surface area contributed by atoms with Crippen molar-refractivity contribution in [2.24, 2.45) is 0 Å². The van der Waals surface area contributed by atoms with Crippen molar-refractivity contribution in [2.45, 2.75) is 25.3 Å². The van der Waals surface area contributed by atoms with Gasteiger partial charge in [-0.15, -0.1) is 0 Å². The van der Waals surface area contributed by atoms with E-state index in [0.29, 0.717) is 0 Å². The minimum Gasteiger partial charge on any atom is -0.497 e. The molecule has 0 saturated heterocycles. The molecular weight excluding hydrogens is 238 g/mol. The molecule has 0 aliphatic heterocycles. The van der Waals surface area contributed by atoms with Gasteiger partial charge in [-0.1, -0.05) is 6.07 Å². The number of rotatable bonds is 5. The molecule has 1 aromatic heterocycles. The number of anilines is 1. The first-order valence-electron chi connectivity index (χ1n) is 6.53. The van der Waals surface area contributed by atoms with Crippen LogP contribution in [0, 0.1) is 0 Å². The maximum Gasteiger partial charge on any atom is 0.144 e. The van der Waals surface area contributed by atoms with Crippen LogP contribution in [0.4, 0.5) is 5.82 Å². The molecule has 1 N–H and O–H groups in total. The normalized spacial score (nSPS) is 14.2. The Morgan fingerprint density at radius 2 is 2.21 bits per heavy atom. The summed E-state index contributed by atoms with van der Waals surface area (Å²) < 4.78 is 5.31. The molecule has 3 rings (SSSR count). The van der Waals surface area contributed by atoms with Crippen molar-refractivity contribution in [1.29, 1.82) is 0 Å². The molecule has 1 fully saturated rings. The fourth-order valence-corrected chi connectivity index (χ4v) is 2.23. The van der Waals surface area contributed by atoms with E-state index in [1.807, 2.05) is 6.07 Å². The molecule has 0 unspecified atom stereocenters. The van der Waals surface area contributed by atoms with E-state index >= 15 is 0 Å². The Labute approximate surface area is 112 Å². The molecule has 2 aromatic rings. The highest BCUT2D eigenvalue weighted by Gasteiger charge is 2.26. The van der Waals surface area contributed by atoms with Crippen molar-refractivity contribution < 1.29 is 4.74 Å². The molecule has 0 radical (unpaired) electrons. The van der Waals surface area contributed by atoms with Crippen LogP contribution in [0.3, 0.4) is 0 Å². The zero-order valence-electron chi connectivity index (χ0n) is 11.0. The second-order valence-electron chi connectivity index (χ2n) is 4.78. The lowest BCUT2D eigenvalue weighted by Gasteiger charge is -2.12. The van der Waals surface area contributed by atoms with Crippen molar-refractivity contribution >= 4 is 5.82 Å². The van der Waals surface area contributed by atoms with Crippen molar-refractivity contribution in [1.82, 2.24) is 9.97 Å². The second-order valence-corrected chi connectivity index (χ2v) is 4.78. The van der Waals surface area contributed by atoms with Gasteiger partial charge in [0.2, 0.25) is 0 Å². The average molecular weight is 255 g/mol. The first kappa shape index (κ1) is 12.0. The molecular formula is C15H17N3O. The van der Waals surface area contributed by atoms with Gasteiger partial charge in [0.25, 0.3) is 0 Å². The summed E-state index contributed by atoms with van der Waals surface area (Å²) in [6.07, 6.45) is 7.69. The van der Waals surface area contributed by atoms with Gasteiger partial charge in [0, 0.05) is 18.9 Å². The Kier molecular flexibility index (Phi) is 3.31. The fourth-order valence-electron chi connectivity index (χ4n) is 2.23. The van der Waals surface area contributed by atoms with E-state index in [1.54, 1.807) is 25.7 Å². The standard InChI is InChI=1S/C15H17N3O/c1-19-13-4-5-14(11-2-3-11)12(8-13)9-18-15-10-16-6-7-17-15/h4-8,10-11H,2-3,9H2,1H3,(H,17,18). The van der Waals surface area contributed by atoms with Gasteiger partial charge in [0.1, 0.15) is 11.6 Å². The van der Waals surface area contributed by atoms with E-state index < -0.39 is 0 Å². The van der Waals surface area contributed by atoms with Gasteiger partial charge in [0.05, 0.1) is 13.3 Å². The van der Waals surface area contributed by atoms with Crippen molar-refractivity contribution in [3.63, 3.8) is 0 Å². The number of nitrogens with one attached hydrogen (secondary N) is 1. The first-order valence-corrected chi connectivity index (χ1v) is 6.53. The Hall–Kier alpha value is -2.10. The SMILES string of the molecule is COc1ccc(C2CC2)c(CNc2cnccn2)c1. The van der Waals surface area contributed by atoms with Gasteiger partial charge >= 0.3 is 0 Å². The summed E-state index contributed by atoms with van der Waals surface area (Å²) in [5.41, 5.74) is 2.71. The van der Waals surface area contributed by atoms with E-state index in [0.717, 1.165) is 24.0 Å².